The summed E-state index contributed by atoms with van der Waals surface area (Å²) in [6, 6.07) is 13.9. The lowest BCUT2D eigenvalue weighted by atomic mass is 10.1. The van der Waals surface area contributed by atoms with Gasteiger partial charge in [-0.2, -0.15) is 0 Å². The average molecular weight is 340 g/mol. The molecule has 0 heterocycles. The zero-order chi connectivity index (χ0) is 17.6. The molecule has 0 spiro atoms. The first-order valence-electron chi connectivity index (χ1n) is 7.07. The minimum Gasteiger partial charge on any atom is -0.459 e. The van der Waals surface area contributed by atoms with E-state index in [4.69, 9.17) is 4.74 Å². The normalized spacial score (nSPS) is 12.5. The van der Waals surface area contributed by atoms with Crippen LogP contribution in [0.4, 0.5) is 13.2 Å². The lowest BCUT2D eigenvalue weighted by molar-refractivity contribution is -0.274. The van der Waals surface area contributed by atoms with Gasteiger partial charge >= 0.3 is 12.3 Å². The minimum atomic E-state index is -4.76. The molecule has 1 unspecified atom stereocenters. The van der Waals surface area contributed by atoms with E-state index in [0.717, 1.165) is 17.7 Å². The molecule has 0 saturated carbocycles. The number of hydrogen-bond acceptors (Lipinski definition) is 4. The van der Waals surface area contributed by atoms with Crippen LogP contribution in [0.5, 0.6) is 5.75 Å². The highest BCUT2D eigenvalue weighted by Gasteiger charge is 2.31. The molecular formula is C17H15F3O4. The number of esters is 1. The second kappa shape index (κ2) is 7.83. The summed E-state index contributed by atoms with van der Waals surface area (Å²) in [6.07, 6.45) is -6.23. The Morgan fingerprint density at radius 2 is 1.62 bits per heavy atom. The Morgan fingerprint density at radius 3 is 2.21 bits per heavy atom. The number of alkyl halides is 3. The van der Waals surface area contributed by atoms with Crippen molar-refractivity contribution in [2.75, 3.05) is 0 Å². The Balaban J connectivity index is 1.84. The van der Waals surface area contributed by atoms with E-state index in [-0.39, 0.29) is 18.8 Å². The summed E-state index contributed by atoms with van der Waals surface area (Å²) in [5.74, 6) is -1.16. The van der Waals surface area contributed by atoms with Crippen LogP contribution in [-0.4, -0.2) is 23.5 Å². The van der Waals surface area contributed by atoms with Crippen molar-refractivity contribution in [3.05, 3.63) is 65.7 Å². The van der Waals surface area contributed by atoms with E-state index < -0.39 is 18.4 Å². The zero-order valence-corrected chi connectivity index (χ0v) is 12.5. The second-order valence-corrected chi connectivity index (χ2v) is 5.00. The van der Waals surface area contributed by atoms with Crippen LogP contribution < -0.4 is 4.74 Å². The molecule has 2 rings (SSSR count). The van der Waals surface area contributed by atoms with Crippen LogP contribution in [0, 0.1) is 0 Å². The number of aliphatic hydroxyl groups excluding tert-OH is 1. The van der Waals surface area contributed by atoms with Crippen LogP contribution in [0.25, 0.3) is 0 Å². The number of carbonyl (C=O) groups excluding carboxylic acids is 1. The molecule has 2 aromatic rings. The standard InChI is InChI=1S/C17H15F3O4/c18-17(19,20)24-14-8-6-12(7-9-14)10-15(21)16(22)23-11-13-4-2-1-3-5-13/h1-9,15,21H,10-11H2. The summed E-state index contributed by atoms with van der Waals surface area (Å²) in [5.41, 5.74) is 1.26. The maximum Gasteiger partial charge on any atom is 0.573 e. The topological polar surface area (TPSA) is 55.8 Å². The number of carbonyl (C=O) groups is 1. The molecule has 0 saturated heterocycles. The van der Waals surface area contributed by atoms with Crippen LogP contribution in [0.15, 0.2) is 54.6 Å². The van der Waals surface area contributed by atoms with Crippen molar-refractivity contribution in [2.45, 2.75) is 25.5 Å². The molecule has 7 heteroatoms. The first kappa shape index (κ1) is 17.8. The average Bonchev–Trinajstić information content (AvgIpc) is 2.54. The van der Waals surface area contributed by atoms with E-state index in [1.54, 1.807) is 24.3 Å². The molecule has 0 aliphatic carbocycles. The van der Waals surface area contributed by atoms with Crippen molar-refractivity contribution in [3.63, 3.8) is 0 Å². The van der Waals surface area contributed by atoms with E-state index in [1.807, 2.05) is 6.07 Å². The molecule has 0 bridgehead atoms. The van der Waals surface area contributed by atoms with Crippen LogP contribution in [0.2, 0.25) is 0 Å². The molecule has 0 aliphatic rings. The molecule has 0 aliphatic heterocycles. The summed E-state index contributed by atoms with van der Waals surface area (Å²) in [4.78, 5) is 11.7. The Bertz CT molecular complexity index is 654. The van der Waals surface area contributed by atoms with Gasteiger partial charge in [0.05, 0.1) is 0 Å². The smallest absolute Gasteiger partial charge is 0.459 e. The highest BCUT2D eigenvalue weighted by Crippen LogP contribution is 2.23. The van der Waals surface area contributed by atoms with Gasteiger partial charge in [0.2, 0.25) is 0 Å². The van der Waals surface area contributed by atoms with Crippen LogP contribution >= 0.6 is 0 Å². The number of rotatable bonds is 6. The molecule has 0 fully saturated rings. The molecule has 128 valence electrons. The molecular weight excluding hydrogens is 325 g/mol. The van der Waals surface area contributed by atoms with E-state index in [1.165, 1.54) is 12.1 Å². The number of ether oxygens (including phenoxy) is 2. The van der Waals surface area contributed by atoms with Gasteiger partial charge in [0.25, 0.3) is 0 Å². The first-order valence-corrected chi connectivity index (χ1v) is 7.07. The summed E-state index contributed by atoms with van der Waals surface area (Å²) >= 11 is 0. The molecule has 1 N–H and O–H groups in total. The Labute approximate surface area is 136 Å². The van der Waals surface area contributed by atoms with Gasteiger partial charge in [-0.15, -0.1) is 13.2 Å². The van der Waals surface area contributed by atoms with Gasteiger partial charge in [-0.1, -0.05) is 42.5 Å². The molecule has 4 nitrogen and oxygen atoms in total. The van der Waals surface area contributed by atoms with Crippen LogP contribution in [0.1, 0.15) is 11.1 Å². The van der Waals surface area contributed by atoms with Gasteiger partial charge in [-0.05, 0) is 23.3 Å². The summed E-state index contributed by atoms with van der Waals surface area (Å²) < 4.78 is 44.9. The number of halogens is 3. The number of benzene rings is 2. The fourth-order valence-electron chi connectivity index (χ4n) is 1.96. The van der Waals surface area contributed by atoms with Crippen LogP contribution in [-0.2, 0) is 22.6 Å². The van der Waals surface area contributed by atoms with E-state index in [2.05, 4.69) is 4.74 Å². The number of hydrogen-bond donors (Lipinski definition) is 1. The maximum atomic E-state index is 12.1. The van der Waals surface area contributed by atoms with Gasteiger partial charge in [-0.3, -0.25) is 0 Å². The third-order valence-electron chi connectivity index (χ3n) is 3.08. The fourth-order valence-corrected chi connectivity index (χ4v) is 1.96. The first-order chi connectivity index (χ1) is 11.3. The lowest BCUT2D eigenvalue weighted by Gasteiger charge is -2.12. The van der Waals surface area contributed by atoms with Crippen molar-refractivity contribution >= 4 is 5.97 Å². The van der Waals surface area contributed by atoms with Crippen LogP contribution in [0.3, 0.4) is 0 Å². The van der Waals surface area contributed by atoms with E-state index in [9.17, 15) is 23.1 Å². The fraction of sp³-hybridized carbons (Fsp3) is 0.235. The Hall–Kier alpha value is -2.54. The summed E-state index contributed by atoms with van der Waals surface area (Å²) in [5, 5.41) is 9.82. The molecule has 2 aromatic carbocycles. The zero-order valence-electron chi connectivity index (χ0n) is 12.5. The van der Waals surface area contributed by atoms with Crippen molar-refractivity contribution in [3.8, 4) is 5.75 Å². The van der Waals surface area contributed by atoms with E-state index >= 15 is 0 Å². The maximum absolute atomic E-state index is 12.1. The second-order valence-electron chi connectivity index (χ2n) is 5.00. The third-order valence-corrected chi connectivity index (χ3v) is 3.08. The van der Waals surface area contributed by atoms with Gasteiger partial charge in [0.15, 0.2) is 6.10 Å². The van der Waals surface area contributed by atoms with Crippen molar-refractivity contribution < 1.29 is 32.5 Å². The number of aliphatic hydroxyl groups is 1. The highest BCUT2D eigenvalue weighted by molar-refractivity contribution is 5.74. The summed E-state index contributed by atoms with van der Waals surface area (Å²) in [6.45, 7) is 0.0368. The Morgan fingerprint density at radius 1 is 1.00 bits per heavy atom. The van der Waals surface area contributed by atoms with Crippen molar-refractivity contribution in [1.82, 2.24) is 0 Å². The quantitative estimate of drug-likeness (QED) is 0.821. The third kappa shape index (κ3) is 5.92. The highest BCUT2D eigenvalue weighted by atomic mass is 19.4. The van der Waals surface area contributed by atoms with Crippen molar-refractivity contribution in [1.29, 1.82) is 0 Å². The largest absolute Gasteiger partial charge is 0.573 e. The van der Waals surface area contributed by atoms with E-state index in [0.29, 0.717) is 5.56 Å². The van der Waals surface area contributed by atoms with Gasteiger partial charge in [0.1, 0.15) is 12.4 Å². The summed E-state index contributed by atoms with van der Waals surface area (Å²) in [7, 11) is 0. The molecule has 1 atom stereocenters. The molecule has 24 heavy (non-hydrogen) atoms. The monoisotopic (exact) mass is 340 g/mol. The van der Waals surface area contributed by atoms with Gasteiger partial charge in [-0.25, -0.2) is 4.79 Å². The lowest BCUT2D eigenvalue weighted by Crippen LogP contribution is -2.25. The predicted molar refractivity (Wildman–Crippen MR) is 79.1 cm³/mol. The predicted octanol–water partition coefficient (Wildman–Crippen LogP) is 3.23. The molecule has 0 aromatic heterocycles. The Kier molecular flexibility index (Phi) is 5.81. The molecule has 0 radical (unpaired) electrons. The van der Waals surface area contributed by atoms with Gasteiger partial charge in [0, 0.05) is 6.42 Å². The molecule has 0 amide bonds. The minimum absolute atomic E-state index is 0.0368. The SMILES string of the molecule is O=C(OCc1ccccc1)C(O)Cc1ccc(OC(F)(F)F)cc1. The van der Waals surface area contributed by atoms with Crippen molar-refractivity contribution in [2.24, 2.45) is 0 Å². The van der Waals surface area contributed by atoms with Gasteiger partial charge < -0.3 is 14.6 Å².